The van der Waals surface area contributed by atoms with E-state index in [0.717, 1.165) is 30.6 Å². The zero-order valence-electron chi connectivity index (χ0n) is 33.4. The summed E-state index contributed by atoms with van der Waals surface area (Å²) in [6, 6.07) is 0. The van der Waals surface area contributed by atoms with Crippen LogP contribution >= 0.6 is 0 Å². The molecule has 0 radical (unpaired) electrons. The Kier molecular flexibility index (Phi) is 37.1. The van der Waals surface area contributed by atoms with Gasteiger partial charge in [0.2, 0.25) is 0 Å². The van der Waals surface area contributed by atoms with Gasteiger partial charge in [0.25, 0.3) is 11.8 Å². The van der Waals surface area contributed by atoms with Gasteiger partial charge in [0.15, 0.2) is 0 Å². The summed E-state index contributed by atoms with van der Waals surface area (Å²) < 4.78 is 70.8. The number of esters is 1. The summed E-state index contributed by atoms with van der Waals surface area (Å²) in [5, 5.41) is 0. The van der Waals surface area contributed by atoms with Gasteiger partial charge < -0.3 is 61.6 Å². The Morgan fingerprint density at radius 3 is 1.00 bits per heavy atom. The molecule has 17 heteroatoms. The highest BCUT2D eigenvalue weighted by atomic mass is 16.6. The van der Waals surface area contributed by atoms with Gasteiger partial charge in [-0.3, -0.25) is 19.3 Å². The van der Waals surface area contributed by atoms with Gasteiger partial charge >= 0.3 is 5.97 Å². The van der Waals surface area contributed by atoms with E-state index in [1.54, 1.807) is 0 Å². The van der Waals surface area contributed by atoms with Crippen molar-refractivity contribution >= 4 is 17.8 Å². The van der Waals surface area contributed by atoms with Crippen LogP contribution in [-0.2, 0) is 76.0 Å². The fourth-order valence-corrected chi connectivity index (χ4v) is 4.59. The van der Waals surface area contributed by atoms with Gasteiger partial charge in [-0.05, 0) is 12.8 Å². The van der Waals surface area contributed by atoms with Gasteiger partial charge in [0, 0.05) is 12.2 Å². The first kappa shape index (κ1) is 50.9. The average molecular weight is 796 g/mol. The molecule has 322 valence electrons. The maximum atomic E-state index is 12.0. The first-order valence-corrected chi connectivity index (χ1v) is 19.7. The molecule has 0 aliphatic carbocycles. The molecule has 1 rings (SSSR count). The van der Waals surface area contributed by atoms with Gasteiger partial charge in [-0.25, -0.2) is 0 Å². The summed E-state index contributed by atoms with van der Waals surface area (Å²) in [7, 11) is 0. The molecule has 1 heterocycles. The van der Waals surface area contributed by atoms with E-state index < -0.39 is 0 Å². The third-order valence-electron chi connectivity index (χ3n) is 7.66. The minimum Gasteiger partial charge on any atom is -0.463 e. The molecule has 0 aromatic rings. The number of rotatable bonds is 44. The molecule has 1 atom stereocenters. The van der Waals surface area contributed by atoms with Crippen LogP contribution in [0.5, 0.6) is 0 Å². The Bertz CT molecular complexity index is 909. The highest BCUT2D eigenvalue weighted by Crippen LogP contribution is 2.14. The number of carbonyl (C=O) groups excluding carboxylic acids is 3. The SMILES string of the molecule is CCCCC(CC)C(=O)OCCOCCOCCOCCOCCOCCOCCOCCOCCOCCOCCOCCOCCN1C(=O)C=CC1=O. The van der Waals surface area contributed by atoms with Crippen molar-refractivity contribution in [3.05, 3.63) is 12.2 Å². The van der Waals surface area contributed by atoms with E-state index in [9.17, 15) is 14.4 Å². The number of carbonyl (C=O) groups is 3. The van der Waals surface area contributed by atoms with Crippen molar-refractivity contribution in [1.82, 2.24) is 4.90 Å². The molecule has 0 saturated heterocycles. The van der Waals surface area contributed by atoms with Gasteiger partial charge in [0.1, 0.15) is 6.61 Å². The largest absolute Gasteiger partial charge is 0.463 e. The van der Waals surface area contributed by atoms with Crippen molar-refractivity contribution in [2.24, 2.45) is 5.92 Å². The Morgan fingerprint density at radius 2 is 0.727 bits per heavy atom. The number of ether oxygens (including phenoxy) is 13. The minimum absolute atomic E-state index is 0.0108. The van der Waals surface area contributed by atoms with Gasteiger partial charge in [0.05, 0.1) is 171 Å². The molecule has 0 aromatic carbocycles. The van der Waals surface area contributed by atoms with E-state index >= 15 is 0 Å². The van der Waals surface area contributed by atoms with Crippen LogP contribution in [0.3, 0.4) is 0 Å². The van der Waals surface area contributed by atoms with Crippen LogP contribution in [0, 0.1) is 5.92 Å². The predicted octanol–water partition coefficient (Wildman–Crippen LogP) is 1.87. The van der Waals surface area contributed by atoms with Crippen LogP contribution in [0.2, 0.25) is 0 Å². The molecule has 0 aromatic heterocycles. The van der Waals surface area contributed by atoms with E-state index in [4.69, 9.17) is 61.6 Å². The lowest BCUT2D eigenvalue weighted by molar-refractivity contribution is -0.150. The molecule has 55 heavy (non-hydrogen) atoms. The van der Waals surface area contributed by atoms with Crippen molar-refractivity contribution in [3.63, 3.8) is 0 Å². The zero-order chi connectivity index (χ0) is 39.7. The molecule has 2 amide bonds. The third-order valence-corrected chi connectivity index (χ3v) is 7.66. The Labute approximate surface area is 327 Å². The van der Waals surface area contributed by atoms with Crippen LogP contribution in [0.4, 0.5) is 0 Å². The summed E-state index contributed by atoms with van der Waals surface area (Å²) >= 11 is 0. The molecule has 0 fully saturated rings. The molecule has 0 N–H and O–H groups in total. The molecule has 0 bridgehead atoms. The summed E-state index contributed by atoms with van der Waals surface area (Å²) in [6.07, 6.45) is 6.32. The number of hydrogen-bond donors (Lipinski definition) is 0. The fraction of sp³-hybridized carbons (Fsp3) is 0.868. The lowest BCUT2D eigenvalue weighted by Gasteiger charge is -2.13. The fourth-order valence-electron chi connectivity index (χ4n) is 4.59. The second-order valence-electron chi connectivity index (χ2n) is 11.9. The molecule has 1 aliphatic heterocycles. The Balaban J connectivity index is 1.64. The van der Waals surface area contributed by atoms with E-state index in [2.05, 4.69) is 6.92 Å². The Hall–Kier alpha value is -2.13. The monoisotopic (exact) mass is 795 g/mol. The summed E-state index contributed by atoms with van der Waals surface area (Å²) in [6.45, 7) is 15.5. The number of unbranched alkanes of at least 4 members (excludes halogenated alkanes) is 1. The van der Waals surface area contributed by atoms with Crippen molar-refractivity contribution in [1.29, 1.82) is 0 Å². The average Bonchev–Trinajstić information content (AvgIpc) is 3.51. The number of amides is 2. The second kappa shape index (κ2) is 40.1. The van der Waals surface area contributed by atoms with Crippen molar-refractivity contribution in [2.75, 3.05) is 172 Å². The van der Waals surface area contributed by atoms with Crippen LogP contribution in [0.25, 0.3) is 0 Å². The van der Waals surface area contributed by atoms with Crippen molar-refractivity contribution < 1.29 is 76.0 Å². The van der Waals surface area contributed by atoms with Crippen molar-refractivity contribution in [3.8, 4) is 0 Å². The van der Waals surface area contributed by atoms with Gasteiger partial charge in [-0.15, -0.1) is 0 Å². The standard InChI is InChI=1S/C38H69NO16/c1-3-5-6-35(4-2)38(42)55-34-33-54-32-31-53-30-29-52-28-27-51-26-25-50-24-23-49-22-21-48-20-19-47-18-17-46-16-15-45-14-13-44-12-11-43-10-9-39-36(40)7-8-37(39)41/h7-8,35H,3-6,9-34H2,1-2H3. The highest BCUT2D eigenvalue weighted by molar-refractivity contribution is 6.12. The van der Waals surface area contributed by atoms with Crippen LogP contribution in [0.15, 0.2) is 12.2 Å². The first-order chi connectivity index (χ1) is 27.1. The maximum Gasteiger partial charge on any atom is 0.308 e. The molecule has 1 unspecified atom stereocenters. The van der Waals surface area contributed by atoms with Gasteiger partial charge in [-0.1, -0.05) is 26.7 Å². The van der Waals surface area contributed by atoms with E-state index in [1.165, 1.54) is 12.2 Å². The highest BCUT2D eigenvalue weighted by Gasteiger charge is 2.22. The quantitative estimate of drug-likeness (QED) is 0.0496. The van der Waals surface area contributed by atoms with Crippen LogP contribution in [-0.4, -0.2) is 194 Å². The molecular weight excluding hydrogens is 726 g/mol. The van der Waals surface area contributed by atoms with Crippen LogP contribution in [0.1, 0.15) is 39.5 Å². The summed E-state index contributed by atoms with van der Waals surface area (Å²) in [4.78, 5) is 36.0. The maximum absolute atomic E-state index is 12.0. The Morgan fingerprint density at radius 1 is 0.455 bits per heavy atom. The lowest BCUT2D eigenvalue weighted by atomic mass is 10.00. The molecule has 17 nitrogen and oxygen atoms in total. The smallest absolute Gasteiger partial charge is 0.308 e. The van der Waals surface area contributed by atoms with Crippen LogP contribution < -0.4 is 0 Å². The summed E-state index contributed by atoms with van der Waals surface area (Å²) in [5.74, 6) is -0.757. The number of hydrogen-bond acceptors (Lipinski definition) is 16. The lowest BCUT2D eigenvalue weighted by Crippen LogP contribution is -2.33. The van der Waals surface area contributed by atoms with Gasteiger partial charge in [-0.2, -0.15) is 0 Å². The van der Waals surface area contributed by atoms with Crippen molar-refractivity contribution in [2.45, 2.75) is 39.5 Å². The summed E-state index contributed by atoms with van der Waals surface area (Å²) in [5.41, 5.74) is 0. The molecule has 1 aliphatic rings. The van der Waals surface area contributed by atoms with E-state index in [-0.39, 0.29) is 43.5 Å². The zero-order valence-corrected chi connectivity index (χ0v) is 33.4. The molecule has 0 saturated carbocycles. The number of imide groups is 1. The topological polar surface area (TPSA) is 174 Å². The number of nitrogens with zero attached hydrogens (tertiary/aromatic N) is 1. The van der Waals surface area contributed by atoms with E-state index in [1.807, 2.05) is 6.92 Å². The first-order valence-electron chi connectivity index (χ1n) is 19.7. The molecular formula is C38H69NO16. The van der Waals surface area contributed by atoms with E-state index in [0.29, 0.717) is 152 Å². The third kappa shape index (κ3) is 32.6. The molecule has 0 spiro atoms. The normalized spacial score (nSPS) is 13.4. The second-order valence-corrected chi connectivity index (χ2v) is 11.9. The predicted molar refractivity (Wildman–Crippen MR) is 200 cm³/mol. The minimum atomic E-state index is -0.310.